The zero-order valence-corrected chi connectivity index (χ0v) is 11.6. The summed E-state index contributed by atoms with van der Waals surface area (Å²) in [6, 6.07) is 4.81. The van der Waals surface area contributed by atoms with Gasteiger partial charge >= 0.3 is 5.97 Å². The maximum atomic E-state index is 11.6. The molecule has 0 saturated heterocycles. The molecule has 98 valence electrons. The Morgan fingerprint density at radius 2 is 2.17 bits per heavy atom. The van der Waals surface area contributed by atoms with Crippen LogP contribution in [-0.4, -0.2) is 25.0 Å². The normalized spacial score (nSPS) is 9.89. The number of benzene rings is 1. The van der Waals surface area contributed by atoms with Gasteiger partial charge in [0, 0.05) is 16.7 Å². The summed E-state index contributed by atoms with van der Waals surface area (Å²) >= 11 is 3.24. The van der Waals surface area contributed by atoms with Crippen molar-refractivity contribution < 1.29 is 14.3 Å². The highest BCUT2D eigenvalue weighted by Gasteiger charge is 2.09. The number of anilines is 1. The maximum Gasteiger partial charge on any atom is 0.338 e. The van der Waals surface area contributed by atoms with Gasteiger partial charge in [0.1, 0.15) is 6.61 Å². The molecule has 1 aromatic carbocycles. The van der Waals surface area contributed by atoms with Gasteiger partial charge in [-0.25, -0.2) is 4.79 Å². The SMILES string of the molecule is CCNC(=O)CCOC(=O)c1ccc(Br)c(N)c1. The lowest BCUT2D eigenvalue weighted by molar-refractivity contribution is -0.121. The molecule has 18 heavy (non-hydrogen) atoms. The summed E-state index contributed by atoms with van der Waals surface area (Å²) in [5.41, 5.74) is 6.49. The van der Waals surface area contributed by atoms with Crippen LogP contribution in [0.5, 0.6) is 0 Å². The van der Waals surface area contributed by atoms with E-state index in [-0.39, 0.29) is 18.9 Å². The Labute approximate surface area is 114 Å². The van der Waals surface area contributed by atoms with E-state index in [2.05, 4.69) is 21.2 Å². The molecule has 0 spiro atoms. The second-order valence-corrected chi connectivity index (χ2v) is 4.43. The molecule has 0 heterocycles. The number of hydrogen-bond acceptors (Lipinski definition) is 4. The highest BCUT2D eigenvalue weighted by Crippen LogP contribution is 2.20. The standard InChI is InChI=1S/C12H15BrN2O3/c1-2-15-11(16)5-6-18-12(17)8-3-4-9(13)10(14)7-8/h3-4,7H,2,5-6,14H2,1H3,(H,15,16). The van der Waals surface area contributed by atoms with Gasteiger partial charge in [0.25, 0.3) is 0 Å². The third-order valence-electron chi connectivity index (χ3n) is 2.17. The molecular weight excluding hydrogens is 300 g/mol. The van der Waals surface area contributed by atoms with Crippen molar-refractivity contribution in [3.8, 4) is 0 Å². The fourth-order valence-electron chi connectivity index (χ4n) is 1.28. The first kappa shape index (κ1) is 14.5. The molecule has 1 amide bonds. The van der Waals surface area contributed by atoms with Gasteiger partial charge in [0.15, 0.2) is 0 Å². The van der Waals surface area contributed by atoms with E-state index in [9.17, 15) is 9.59 Å². The van der Waals surface area contributed by atoms with Gasteiger partial charge in [-0.3, -0.25) is 4.79 Å². The second kappa shape index (κ2) is 7.00. The zero-order valence-electron chi connectivity index (χ0n) is 10.0. The van der Waals surface area contributed by atoms with Crippen molar-refractivity contribution in [1.29, 1.82) is 0 Å². The molecule has 0 radical (unpaired) electrons. The largest absolute Gasteiger partial charge is 0.462 e. The maximum absolute atomic E-state index is 11.6. The van der Waals surface area contributed by atoms with Crippen LogP contribution in [0.15, 0.2) is 22.7 Å². The minimum atomic E-state index is -0.488. The van der Waals surface area contributed by atoms with E-state index in [4.69, 9.17) is 10.5 Å². The van der Waals surface area contributed by atoms with Crippen molar-refractivity contribution in [3.63, 3.8) is 0 Å². The molecule has 6 heteroatoms. The Hall–Kier alpha value is -1.56. The fraction of sp³-hybridized carbons (Fsp3) is 0.333. The molecule has 0 unspecified atom stereocenters. The van der Waals surface area contributed by atoms with Crippen LogP contribution in [0.1, 0.15) is 23.7 Å². The predicted molar refractivity (Wildman–Crippen MR) is 72.1 cm³/mol. The summed E-state index contributed by atoms with van der Waals surface area (Å²) in [5.74, 6) is -0.626. The number of hydrogen-bond donors (Lipinski definition) is 2. The van der Waals surface area contributed by atoms with Gasteiger partial charge in [-0.05, 0) is 41.1 Å². The van der Waals surface area contributed by atoms with Crippen LogP contribution in [0.25, 0.3) is 0 Å². The molecule has 0 aliphatic heterocycles. The molecule has 3 N–H and O–H groups in total. The molecule has 1 aromatic rings. The van der Waals surface area contributed by atoms with E-state index in [1.54, 1.807) is 12.1 Å². The molecule has 1 rings (SSSR count). The summed E-state index contributed by atoms with van der Waals surface area (Å²) in [6.07, 6.45) is 0.158. The predicted octanol–water partition coefficient (Wildman–Crippen LogP) is 1.71. The van der Waals surface area contributed by atoms with Gasteiger partial charge in [0.2, 0.25) is 5.91 Å². The summed E-state index contributed by atoms with van der Waals surface area (Å²) in [4.78, 5) is 22.8. The molecule has 0 aliphatic rings. The van der Waals surface area contributed by atoms with Gasteiger partial charge in [-0.1, -0.05) is 0 Å². The fourth-order valence-corrected chi connectivity index (χ4v) is 1.52. The number of nitrogen functional groups attached to an aromatic ring is 1. The lowest BCUT2D eigenvalue weighted by Crippen LogP contribution is -2.24. The monoisotopic (exact) mass is 314 g/mol. The minimum absolute atomic E-state index is 0.0562. The number of ether oxygens (including phenoxy) is 1. The van der Waals surface area contributed by atoms with E-state index in [0.29, 0.717) is 17.8 Å². The van der Waals surface area contributed by atoms with E-state index in [0.717, 1.165) is 4.47 Å². The summed E-state index contributed by atoms with van der Waals surface area (Å²) in [7, 11) is 0. The average Bonchev–Trinajstić information content (AvgIpc) is 2.33. The lowest BCUT2D eigenvalue weighted by Gasteiger charge is -2.06. The third kappa shape index (κ3) is 4.37. The van der Waals surface area contributed by atoms with Gasteiger partial charge in [-0.2, -0.15) is 0 Å². The van der Waals surface area contributed by atoms with Crippen molar-refractivity contribution in [1.82, 2.24) is 5.32 Å². The number of carbonyl (C=O) groups is 2. The van der Waals surface area contributed by atoms with Crippen LogP contribution >= 0.6 is 15.9 Å². The molecule has 0 saturated carbocycles. The van der Waals surface area contributed by atoms with Gasteiger partial charge in [-0.15, -0.1) is 0 Å². The first-order valence-electron chi connectivity index (χ1n) is 5.53. The van der Waals surface area contributed by atoms with Crippen molar-refractivity contribution in [3.05, 3.63) is 28.2 Å². The molecule has 5 nitrogen and oxygen atoms in total. The highest BCUT2D eigenvalue weighted by molar-refractivity contribution is 9.10. The van der Waals surface area contributed by atoms with Crippen molar-refractivity contribution in [2.75, 3.05) is 18.9 Å². The average molecular weight is 315 g/mol. The summed E-state index contributed by atoms with van der Waals surface area (Å²) in [5, 5.41) is 2.62. The molecular formula is C12H15BrN2O3. The number of esters is 1. The first-order valence-corrected chi connectivity index (χ1v) is 6.32. The number of amides is 1. The third-order valence-corrected chi connectivity index (χ3v) is 2.89. The zero-order chi connectivity index (χ0) is 13.5. The summed E-state index contributed by atoms with van der Waals surface area (Å²) < 4.78 is 5.69. The van der Waals surface area contributed by atoms with Crippen LogP contribution in [0.2, 0.25) is 0 Å². The smallest absolute Gasteiger partial charge is 0.338 e. The molecule has 0 bridgehead atoms. The Morgan fingerprint density at radius 3 is 2.78 bits per heavy atom. The minimum Gasteiger partial charge on any atom is -0.462 e. The number of rotatable bonds is 5. The number of halogens is 1. The van der Waals surface area contributed by atoms with Crippen LogP contribution in [0.4, 0.5) is 5.69 Å². The molecule has 0 atom stereocenters. The number of nitrogens with two attached hydrogens (primary N) is 1. The van der Waals surface area contributed by atoms with Crippen LogP contribution in [-0.2, 0) is 9.53 Å². The Morgan fingerprint density at radius 1 is 1.44 bits per heavy atom. The number of carbonyl (C=O) groups excluding carboxylic acids is 2. The molecule has 0 aliphatic carbocycles. The Balaban J connectivity index is 2.45. The van der Waals surface area contributed by atoms with Crippen molar-refractivity contribution in [2.24, 2.45) is 0 Å². The van der Waals surface area contributed by atoms with Crippen molar-refractivity contribution >= 4 is 33.5 Å². The van der Waals surface area contributed by atoms with E-state index in [1.165, 1.54) is 6.07 Å². The van der Waals surface area contributed by atoms with Crippen LogP contribution < -0.4 is 11.1 Å². The van der Waals surface area contributed by atoms with E-state index < -0.39 is 5.97 Å². The quantitative estimate of drug-likeness (QED) is 0.640. The molecule has 0 fully saturated rings. The lowest BCUT2D eigenvalue weighted by atomic mass is 10.2. The highest BCUT2D eigenvalue weighted by atomic mass is 79.9. The van der Waals surface area contributed by atoms with E-state index >= 15 is 0 Å². The van der Waals surface area contributed by atoms with Gasteiger partial charge in [0.05, 0.1) is 12.0 Å². The van der Waals surface area contributed by atoms with Crippen LogP contribution in [0, 0.1) is 0 Å². The first-order chi connectivity index (χ1) is 8.54. The van der Waals surface area contributed by atoms with E-state index in [1.807, 2.05) is 6.92 Å². The topological polar surface area (TPSA) is 81.4 Å². The summed E-state index contributed by atoms with van der Waals surface area (Å²) in [6.45, 7) is 2.45. The van der Waals surface area contributed by atoms with Crippen molar-refractivity contribution in [2.45, 2.75) is 13.3 Å². The Bertz CT molecular complexity index is 449. The van der Waals surface area contributed by atoms with Gasteiger partial charge < -0.3 is 15.8 Å². The number of nitrogens with one attached hydrogen (secondary N) is 1. The second-order valence-electron chi connectivity index (χ2n) is 3.58. The molecule has 0 aromatic heterocycles. The van der Waals surface area contributed by atoms with Crippen LogP contribution in [0.3, 0.4) is 0 Å². The Kier molecular flexibility index (Phi) is 5.64.